The first kappa shape index (κ1) is 15.6. The van der Waals surface area contributed by atoms with E-state index in [1.54, 1.807) is 13.3 Å². The summed E-state index contributed by atoms with van der Waals surface area (Å²) in [4.78, 5) is 0. The number of benzene rings is 1. The maximum absolute atomic E-state index is 5.05. The Hall–Kier alpha value is -1.46. The first-order valence-corrected chi connectivity index (χ1v) is 6.70. The largest absolute Gasteiger partial charge is 0.383 e. The third kappa shape index (κ3) is 6.31. The van der Waals surface area contributed by atoms with Crippen molar-refractivity contribution < 1.29 is 4.74 Å². The quantitative estimate of drug-likeness (QED) is 0.363. The van der Waals surface area contributed by atoms with E-state index >= 15 is 0 Å². The number of ether oxygens (including phenoxy) is 1. The van der Waals surface area contributed by atoms with Gasteiger partial charge < -0.3 is 10.1 Å². The topological polar surface area (TPSA) is 45.6 Å². The molecule has 4 nitrogen and oxygen atoms in total. The normalized spacial score (nSPS) is 10.9. The Morgan fingerprint density at radius 2 is 2.05 bits per heavy atom. The van der Waals surface area contributed by atoms with E-state index < -0.39 is 0 Å². The average Bonchev–Trinajstić information content (AvgIpc) is 2.39. The molecule has 0 unspecified atom stereocenters. The van der Waals surface area contributed by atoms with E-state index in [1.807, 2.05) is 12.1 Å². The van der Waals surface area contributed by atoms with Gasteiger partial charge in [-0.05, 0) is 29.3 Å². The highest BCUT2D eigenvalue weighted by Crippen LogP contribution is 2.13. The van der Waals surface area contributed by atoms with Crippen LogP contribution in [-0.2, 0) is 4.74 Å². The molecule has 0 amide bonds. The number of methoxy groups -OCH3 is 1. The lowest BCUT2D eigenvalue weighted by Crippen LogP contribution is -2.34. The summed E-state index contributed by atoms with van der Waals surface area (Å²) in [7, 11) is 1.65. The molecule has 0 aliphatic heterocycles. The molecule has 1 aromatic carbocycles. The second-order valence-electron chi connectivity index (χ2n) is 4.44. The number of hydrogen-bond acceptors (Lipinski definition) is 3. The highest BCUT2D eigenvalue weighted by molar-refractivity contribution is 7.80. The first-order chi connectivity index (χ1) is 9.13. The molecule has 5 heteroatoms. The van der Waals surface area contributed by atoms with Gasteiger partial charge in [0.05, 0.1) is 12.8 Å². The second kappa shape index (κ2) is 8.61. The maximum atomic E-state index is 5.05. The average molecular weight is 279 g/mol. The van der Waals surface area contributed by atoms with Gasteiger partial charge >= 0.3 is 0 Å². The molecule has 0 aliphatic rings. The number of hydrogen-bond donors (Lipinski definition) is 2. The second-order valence-corrected chi connectivity index (χ2v) is 4.85. The molecular weight excluding hydrogens is 258 g/mol. The van der Waals surface area contributed by atoms with Gasteiger partial charge in [0.2, 0.25) is 0 Å². The summed E-state index contributed by atoms with van der Waals surface area (Å²) >= 11 is 5.05. The molecule has 0 bridgehead atoms. The molecule has 0 aliphatic carbocycles. The standard InChI is InChI=1S/C14H21N3OS/c1-11(2)13-6-4-12(5-7-13)10-16-17-14(19)15-8-9-18-3/h4-7,10-11H,8-9H2,1-3H3,(H2,15,17,19)/b16-10+. The van der Waals surface area contributed by atoms with E-state index in [4.69, 9.17) is 17.0 Å². The summed E-state index contributed by atoms with van der Waals surface area (Å²) in [5.74, 6) is 0.543. The van der Waals surface area contributed by atoms with Gasteiger partial charge in [-0.2, -0.15) is 5.10 Å². The minimum Gasteiger partial charge on any atom is -0.383 e. The smallest absolute Gasteiger partial charge is 0.187 e. The SMILES string of the molecule is COCCNC(=S)N/N=C/c1ccc(C(C)C)cc1. The monoisotopic (exact) mass is 279 g/mol. The molecule has 19 heavy (non-hydrogen) atoms. The van der Waals surface area contributed by atoms with Gasteiger partial charge in [-0.3, -0.25) is 5.43 Å². The van der Waals surface area contributed by atoms with Crippen LogP contribution in [0.1, 0.15) is 30.9 Å². The van der Waals surface area contributed by atoms with E-state index in [9.17, 15) is 0 Å². The van der Waals surface area contributed by atoms with E-state index in [0.717, 1.165) is 5.56 Å². The predicted molar refractivity (Wildman–Crippen MR) is 83.7 cm³/mol. The number of nitrogens with zero attached hydrogens (tertiary/aromatic N) is 1. The van der Waals surface area contributed by atoms with Crippen molar-refractivity contribution in [2.24, 2.45) is 5.10 Å². The molecule has 2 N–H and O–H groups in total. The number of nitrogens with one attached hydrogen (secondary N) is 2. The van der Waals surface area contributed by atoms with Crippen molar-refractivity contribution in [3.8, 4) is 0 Å². The summed E-state index contributed by atoms with van der Waals surface area (Å²) < 4.78 is 4.91. The molecule has 0 saturated carbocycles. The van der Waals surface area contributed by atoms with Crippen molar-refractivity contribution in [2.75, 3.05) is 20.3 Å². The molecule has 1 rings (SSSR count). The fourth-order valence-electron chi connectivity index (χ4n) is 1.44. The molecule has 0 saturated heterocycles. The highest BCUT2D eigenvalue weighted by atomic mass is 32.1. The molecule has 104 valence electrons. The zero-order chi connectivity index (χ0) is 14.1. The van der Waals surface area contributed by atoms with Crippen LogP contribution in [0.5, 0.6) is 0 Å². The fraction of sp³-hybridized carbons (Fsp3) is 0.429. The fourth-order valence-corrected chi connectivity index (χ4v) is 1.59. The van der Waals surface area contributed by atoms with Crippen molar-refractivity contribution in [2.45, 2.75) is 19.8 Å². The van der Waals surface area contributed by atoms with E-state index in [2.05, 4.69) is 41.8 Å². The van der Waals surface area contributed by atoms with Crippen molar-refractivity contribution in [1.29, 1.82) is 0 Å². The van der Waals surface area contributed by atoms with Crippen LogP contribution >= 0.6 is 12.2 Å². The van der Waals surface area contributed by atoms with Crippen LogP contribution in [0.15, 0.2) is 29.4 Å². The Kier molecular flexibility index (Phi) is 7.07. The third-order valence-electron chi connectivity index (χ3n) is 2.57. The van der Waals surface area contributed by atoms with Crippen LogP contribution in [0.25, 0.3) is 0 Å². The van der Waals surface area contributed by atoms with Crippen LogP contribution in [0, 0.1) is 0 Å². The van der Waals surface area contributed by atoms with Gasteiger partial charge in [0.1, 0.15) is 0 Å². The minimum atomic E-state index is 0.493. The summed E-state index contributed by atoms with van der Waals surface area (Å²) in [6.07, 6.45) is 1.74. The lowest BCUT2D eigenvalue weighted by molar-refractivity contribution is 0.204. The van der Waals surface area contributed by atoms with Crippen LogP contribution in [-0.4, -0.2) is 31.6 Å². The zero-order valence-corrected chi connectivity index (χ0v) is 12.5. The van der Waals surface area contributed by atoms with Gasteiger partial charge in [-0.15, -0.1) is 0 Å². The number of hydrazone groups is 1. The van der Waals surface area contributed by atoms with Gasteiger partial charge in [0.25, 0.3) is 0 Å². The Labute approximate surface area is 120 Å². The van der Waals surface area contributed by atoms with Crippen molar-refractivity contribution in [1.82, 2.24) is 10.7 Å². The van der Waals surface area contributed by atoms with Crippen LogP contribution in [0.2, 0.25) is 0 Å². The van der Waals surface area contributed by atoms with Crippen LogP contribution < -0.4 is 10.7 Å². The maximum Gasteiger partial charge on any atom is 0.187 e. The lowest BCUT2D eigenvalue weighted by Gasteiger charge is -2.06. The summed E-state index contributed by atoms with van der Waals surface area (Å²) in [6, 6.07) is 8.31. The van der Waals surface area contributed by atoms with Crippen molar-refractivity contribution >= 4 is 23.5 Å². The summed E-state index contributed by atoms with van der Waals surface area (Å²) in [6.45, 7) is 5.63. The van der Waals surface area contributed by atoms with Crippen molar-refractivity contribution in [3.63, 3.8) is 0 Å². The molecule has 0 atom stereocenters. The number of rotatable bonds is 6. The Balaban J connectivity index is 2.37. The van der Waals surface area contributed by atoms with Gasteiger partial charge in [-0.25, -0.2) is 0 Å². The van der Waals surface area contributed by atoms with E-state index in [-0.39, 0.29) is 0 Å². The van der Waals surface area contributed by atoms with E-state index in [1.165, 1.54) is 5.56 Å². The molecule has 0 radical (unpaired) electrons. The van der Waals surface area contributed by atoms with Gasteiger partial charge in [-0.1, -0.05) is 38.1 Å². The van der Waals surface area contributed by atoms with Gasteiger partial charge in [0, 0.05) is 13.7 Å². The summed E-state index contributed by atoms with van der Waals surface area (Å²) in [5.41, 5.74) is 5.12. The van der Waals surface area contributed by atoms with E-state index in [0.29, 0.717) is 24.2 Å². The predicted octanol–water partition coefficient (Wildman–Crippen LogP) is 2.25. The lowest BCUT2D eigenvalue weighted by atomic mass is 10.0. The Morgan fingerprint density at radius 3 is 2.63 bits per heavy atom. The highest BCUT2D eigenvalue weighted by Gasteiger charge is 1.97. The van der Waals surface area contributed by atoms with Gasteiger partial charge in [0.15, 0.2) is 5.11 Å². The Morgan fingerprint density at radius 1 is 1.37 bits per heavy atom. The first-order valence-electron chi connectivity index (χ1n) is 6.29. The molecule has 0 aromatic heterocycles. The molecular formula is C14H21N3OS. The van der Waals surface area contributed by atoms with Crippen molar-refractivity contribution in [3.05, 3.63) is 35.4 Å². The third-order valence-corrected chi connectivity index (χ3v) is 2.81. The molecule has 0 spiro atoms. The Bertz CT molecular complexity index is 415. The summed E-state index contributed by atoms with van der Waals surface area (Å²) in [5, 5.41) is 7.54. The zero-order valence-electron chi connectivity index (χ0n) is 11.6. The van der Waals surface area contributed by atoms with Crippen LogP contribution in [0.4, 0.5) is 0 Å². The molecule has 0 heterocycles. The number of thiocarbonyl (C=S) groups is 1. The molecule has 1 aromatic rings. The minimum absolute atomic E-state index is 0.493. The molecule has 0 fully saturated rings. The van der Waals surface area contributed by atoms with Crippen LogP contribution in [0.3, 0.4) is 0 Å².